The lowest BCUT2D eigenvalue weighted by molar-refractivity contribution is -0.133. The summed E-state index contributed by atoms with van der Waals surface area (Å²) in [7, 11) is -1.32. The van der Waals surface area contributed by atoms with Gasteiger partial charge in [-0.15, -0.1) is 0 Å². The van der Waals surface area contributed by atoms with Gasteiger partial charge in [-0.2, -0.15) is 0 Å². The molecule has 2 atom stereocenters. The maximum Gasteiger partial charge on any atom is 0.239 e. The third kappa shape index (κ3) is 4.76. The standard InChI is InChI=1S/C21H26N2O3S/c1-16(21(24)23(2)19-13-14-27(25,26)15-19)22-20(17-9-5-3-6-10-17)18-11-7-4-8-12-18/h3-12,16,19-20,22H,13-15H2,1-2H3/t16-,19-/m0/s1. The van der Waals surface area contributed by atoms with Crippen molar-refractivity contribution in [2.75, 3.05) is 18.6 Å². The molecule has 0 aromatic heterocycles. The van der Waals surface area contributed by atoms with E-state index in [9.17, 15) is 13.2 Å². The second-order valence-corrected chi connectivity index (χ2v) is 9.38. The van der Waals surface area contributed by atoms with Crippen LogP contribution in [0.5, 0.6) is 0 Å². The minimum Gasteiger partial charge on any atom is -0.340 e. The summed E-state index contributed by atoms with van der Waals surface area (Å²) in [5, 5.41) is 3.43. The molecule has 0 spiro atoms. The number of rotatable bonds is 6. The van der Waals surface area contributed by atoms with E-state index >= 15 is 0 Å². The monoisotopic (exact) mass is 386 g/mol. The van der Waals surface area contributed by atoms with Crippen LogP contribution in [0.25, 0.3) is 0 Å². The molecule has 1 fully saturated rings. The number of nitrogens with one attached hydrogen (secondary N) is 1. The first-order chi connectivity index (χ1) is 12.9. The molecule has 0 saturated carbocycles. The van der Waals surface area contributed by atoms with Crippen LogP contribution in [-0.4, -0.2) is 49.9 Å². The van der Waals surface area contributed by atoms with Gasteiger partial charge in [0.25, 0.3) is 0 Å². The summed E-state index contributed by atoms with van der Waals surface area (Å²) >= 11 is 0. The van der Waals surface area contributed by atoms with Crippen molar-refractivity contribution in [2.24, 2.45) is 0 Å². The van der Waals surface area contributed by atoms with Gasteiger partial charge in [-0.1, -0.05) is 60.7 Å². The molecule has 2 aromatic carbocycles. The first kappa shape index (κ1) is 19.6. The van der Waals surface area contributed by atoms with Gasteiger partial charge in [-0.05, 0) is 24.5 Å². The highest BCUT2D eigenvalue weighted by Gasteiger charge is 2.34. The summed E-state index contributed by atoms with van der Waals surface area (Å²) in [6.07, 6.45) is 0.512. The van der Waals surface area contributed by atoms with Gasteiger partial charge in [-0.3, -0.25) is 10.1 Å². The maximum absolute atomic E-state index is 12.9. The summed E-state index contributed by atoms with van der Waals surface area (Å²) in [5.41, 5.74) is 2.16. The van der Waals surface area contributed by atoms with Crippen LogP contribution in [0.15, 0.2) is 60.7 Å². The van der Waals surface area contributed by atoms with E-state index in [1.54, 1.807) is 11.9 Å². The fourth-order valence-electron chi connectivity index (χ4n) is 3.56. The van der Waals surface area contributed by atoms with Crippen LogP contribution in [-0.2, 0) is 14.6 Å². The molecule has 27 heavy (non-hydrogen) atoms. The van der Waals surface area contributed by atoms with Crippen LogP contribution >= 0.6 is 0 Å². The molecule has 1 aliphatic rings. The molecule has 0 unspecified atom stereocenters. The minimum absolute atomic E-state index is 0.0583. The molecular formula is C21H26N2O3S. The molecule has 1 amide bonds. The van der Waals surface area contributed by atoms with Gasteiger partial charge in [0.15, 0.2) is 9.84 Å². The largest absolute Gasteiger partial charge is 0.340 e. The zero-order chi connectivity index (χ0) is 19.4. The van der Waals surface area contributed by atoms with E-state index < -0.39 is 15.9 Å². The third-order valence-electron chi connectivity index (χ3n) is 5.16. The van der Waals surface area contributed by atoms with E-state index in [1.807, 2.05) is 67.6 Å². The van der Waals surface area contributed by atoms with Gasteiger partial charge in [0, 0.05) is 13.1 Å². The smallest absolute Gasteiger partial charge is 0.239 e. The summed E-state index contributed by atoms with van der Waals surface area (Å²) in [5.74, 6) is 0.130. The Morgan fingerprint density at radius 2 is 1.56 bits per heavy atom. The second kappa shape index (κ2) is 8.23. The SMILES string of the molecule is C[C@H](NC(c1ccccc1)c1ccccc1)C(=O)N(C)[C@H]1CCS(=O)(=O)C1. The van der Waals surface area contributed by atoms with Gasteiger partial charge in [0.05, 0.1) is 23.6 Å². The van der Waals surface area contributed by atoms with E-state index in [4.69, 9.17) is 0 Å². The Hall–Kier alpha value is -2.18. The lowest BCUT2D eigenvalue weighted by Gasteiger charge is -2.30. The average Bonchev–Trinajstić information content (AvgIpc) is 3.06. The zero-order valence-electron chi connectivity index (χ0n) is 15.7. The number of carbonyl (C=O) groups is 1. The van der Waals surface area contributed by atoms with Crippen molar-refractivity contribution in [1.29, 1.82) is 0 Å². The predicted octanol–water partition coefficient (Wildman–Crippen LogP) is 2.40. The fraction of sp³-hybridized carbons (Fsp3) is 0.381. The molecular weight excluding hydrogens is 360 g/mol. The average molecular weight is 387 g/mol. The molecule has 3 rings (SSSR count). The van der Waals surface area contributed by atoms with E-state index in [0.717, 1.165) is 11.1 Å². The zero-order valence-corrected chi connectivity index (χ0v) is 16.5. The van der Waals surface area contributed by atoms with Crippen molar-refractivity contribution in [3.63, 3.8) is 0 Å². The van der Waals surface area contributed by atoms with Gasteiger partial charge >= 0.3 is 0 Å². The van der Waals surface area contributed by atoms with Crippen LogP contribution in [0, 0.1) is 0 Å². The Morgan fingerprint density at radius 1 is 1.04 bits per heavy atom. The van der Waals surface area contributed by atoms with E-state index in [1.165, 1.54) is 0 Å². The van der Waals surface area contributed by atoms with Crippen molar-refractivity contribution in [1.82, 2.24) is 10.2 Å². The Bertz CT molecular complexity index is 829. The Labute approximate surface area is 161 Å². The predicted molar refractivity (Wildman–Crippen MR) is 107 cm³/mol. The molecule has 1 N–H and O–H groups in total. The van der Waals surface area contributed by atoms with Gasteiger partial charge < -0.3 is 4.90 Å². The number of benzene rings is 2. The molecule has 5 nitrogen and oxygen atoms in total. The molecule has 1 heterocycles. The van der Waals surface area contributed by atoms with E-state index in [-0.39, 0.29) is 29.5 Å². The second-order valence-electron chi connectivity index (χ2n) is 7.15. The summed E-state index contributed by atoms with van der Waals surface area (Å²) in [4.78, 5) is 14.5. The maximum atomic E-state index is 12.9. The number of sulfone groups is 1. The van der Waals surface area contributed by atoms with Crippen LogP contribution < -0.4 is 5.32 Å². The number of likely N-dealkylation sites (N-methyl/N-ethyl adjacent to an activating group) is 1. The van der Waals surface area contributed by atoms with Crippen molar-refractivity contribution in [3.8, 4) is 0 Å². The molecule has 1 saturated heterocycles. The highest BCUT2D eigenvalue weighted by atomic mass is 32.2. The van der Waals surface area contributed by atoms with Crippen molar-refractivity contribution in [3.05, 3.63) is 71.8 Å². The van der Waals surface area contributed by atoms with Crippen molar-refractivity contribution in [2.45, 2.75) is 31.5 Å². The number of hydrogen-bond donors (Lipinski definition) is 1. The van der Waals surface area contributed by atoms with Crippen LogP contribution in [0.4, 0.5) is 0 Å². The molecule has 6 heteroatoms. The van der Waals surface area contributed by atoms with Crippen LogP contribution in [0.2, 0.25) is 0 Å². The Balaban J connectivity index is 1.76. The summed E-state index contributed by atoms with van der Waals surface area (Å²) in [6.45, 7) is 1.83. The number of nitrogens with zero attached hydrogens (tertiary/aromatic N) is 1. The molecule has 0 aliphatic carbocycles. The molecule has 2 aromatic rings. The molecule has 0 bridgehead atoms. The first-order valence-corrected chi connectivity index (χ1v) is 11.0. The normalized spacial score (nSPS) is 19.7. The number of carbonyl (C=O) groups excluding carboxylic acids is 1. The van der Waals surface area contributed by atoms with Crippen molar-refractivity contribution >= 4 is 15.7 Å². The molecule has 0 radical (unpaired) electrons. The van der Waals surface area contributed by atoms with E-state index in [0.29, 0.717) is 6.42 Å². The number of amides is 1. The third-order valence-corrected chi connectivity index (χ3v) is 6.91. The lowest BCUT2D eigenvalue weighted by atomic mass is 9.97. The highest BCUT2D eigenvalue weighted by Crippen LogP contribution is 2.23. The highest BCUT2D eigenvalue weighted by molar-refractivity contribution is 7.91. The van der Waals surface area contributed by atoms with Gasteiger partial charge in [0.2, 0.25) is 5.91 Å². The minimum atomic E-state index is -3.02. The Kier molecular flexibility index (Phi) is 5.97. The van der Waals surface area contributed by atoms with E-state index in [2.05, 4.69) is 5.32 Å². The Morgan fingerprint density at radius 3 is 2.00 bits per heavy atom. The first-order valence-electron chi connectivity index (χ1n) is 9.20. The fourth-order valence-corrected chi connectivity index (χ4v) is 5.34. The topological polar surface area (TPSA) is 66.5 Å². The van der Waals surface area contributed by atoms with Crippen LogP contribution in [0.3, 0.4) is 0 Å². The summed E-state index contributed by atoms with van der Waals surface area (Å²) in [6, 6.07) is 19.2. The number of hydrogen-bond acceptors (Lipinski definition) is 4. The van der Waals surface area contributed by atoms with Gasteiger partial charge in [0.1, 0.15) is 0 Å². The van der Waals surface area contributed by atoms with Gasteiger partial charge in [-0.25, -0.2) is 8.42 Å². The van der Waals surface area contributed by atoms with Crippen LogP contribution in [0.1, 0.15) is 30.5 Å². The molecule has 144 valence electrons. The lowest BCUT2D eigenvalue weighted by Crippen LogP contribution is -2.48. The van der Waals surface area contributed by atoms with Crippen molar-refractivity contribution < 1.29 is 13.2 Å². The summed E-state index contributed by atoms with van der Waals surface area (Å²) < 4.78 is 23.5. The quantitative estimate of drug-likeness (QED) is 0.828. The molecule has 1 aliphatic heterocycles.